The van der Waals surface area contributed by atoms with Gasteiger partial charge in [0.2, 0.25) is 0 Å². The van der Waals surface area contributed by atoms with Gasteiger partial charge in [-0.1, -0.05) is 37.8 Å². The molecule has 0 aromatic heterocycles. The predicted octanol–water partition coefficient (Wildman–Crippen LogP) is 3.72. The third kappa shape index (κ3) is 4.51. The van der Waals surface area contributed by atoms with E-state index in [1.165, 1.54) is 49.0 Å². The number of thioether (sulfide) groups is 1. The lowest BCUT2D eigenvalue weighted by Crippen LogP contribution is -2.36. The molecule has 1 fully saturated rings. The molecule has 1 unspecified atom stereocenters. The maximum absolute atomic E-state index is 5.96. The van der Waals surface area contributed by atoms with E-state index in [4.69, 9.17) is 5.73 Å². The Kier molecular flexibility index (Phi) is 6.21. The van der Waals surface area contributed by atoms with Gasteiger partial charge in [-0.05, 0) is 36.8 Å². The molecule has 1 aliphatic carbocycles. The van der Waals surface area contributed by atoms with E-state index in [0.29, 0.717) is 18.6 Å². The summed E-state index contributed by atoms with van der Waals surface area (Å²) in [6, 6.07) is 9.77. The van der Waals surface area contributed by atoms with Crippen LogP contribution in [0.25, 0.3) is 0 Å². The third-order valence-electron chi connectivity index (χ3n) is 4.05. The number of hydrogen-bond donors (Lipinski definition) is 2. The quantitative estimate of drug-likeness (QED) is 0.637. The fraction of sp³-hybridized carbons (Fsp3) is 0.625. The first-order chi connectivity index (χ1) is 9.33. The van der Waals surface area contributed by atoms with Gasteiger partial charge in [0.1, 0.15) is 0 Å². The van der Waals surface area contributed by atoms with Crippen molar-refractivity contribution >= 4 is 11.8 Å². The van der Waals surface area contributed by atoms with E-state index in [1.807, 2.05) is 0 Å². The van der Waals surface area contributed by atoms with Crippen molar-refractivity contribution in [3.05, 3.63) is 29.8 Å². The highest BCUT2D eigenvalue weighted by Crippen LogP contribution is 2.22. The number of nitrogens with two attached hydrogens (primary N) is 1. The minimum Gasteiger partial charge on any atom is -0.329 e. The van der Waals surface area contributed by atoms with Crippen molar-refractivity contribution in [2.75, 3.05) is 12.8 Å². The minimum absolute atomic E-state index is 0.305. The van der Waals surface area contributed by atoms with Crippen LogP contribution in [0.2, 0.25) is 0 Å². The van der Waals surface area contributed by atoms with E-state index in [1.54, 1.807) is 11.8 Å². The third-order valence-corrected chi connectivity index (χ3v) is 4.79. The van der Waals surface area contributed by atoms with E-state index < -0.39 is 0 Å². The van der Waals surface area contributed by atoms with Gasteiger partial charge in [0.05, 0.1) is 0 Å². The van der Waals surface area contributed by atoms with Gasteiger partial charge in [-0.15, -0.1) is 11.8 Å². The van der Waals surface area contributed by atoms with Crippen LogP contribution in [0.4, 0.5) is 0 Å². The molecule has 3 heteroatoms. The van der Waals surface area contributed by atoms with Crippen LogP contribution < -0.4 is 11.1 Å². The van der Waals surface area contributed by atoms with Crippen LogP contribution in [0.1, 0.15) is 50.1 Å². The molecule has 1 aromatic rings. The van der Waals surface area contributed by atoms with Gasteiger partial charge in [0.25, 0.3) is 0 Å². The Balaban J connectivity index is 1.97. The van der Waals surface area contributed by atoms with Crippen molar-refractivity contribution < 1.29 is 0 Å². The summed E-state index contributed by atoms with van der Waals surface area (Å²) in [6.45, 7) is 0.676. The van der Waals surface area contributed by atoms with Crippen molar-refractivity contribution in [2.45, 2.75) is 55.5 Å². The van der Waals surface area contributed by atoms with Crippen LogP contribution in [-0.2, 0) is 0 Å². The van der Waals surface area contributed by atoms with Gasteiger partial charge in [-0.3, -0.25) is 0 Å². The Morgan fingerprint density at radius 2 is 1.79 bits per heavy atom. The van der Waals surface area contributed by atoms with E-state index in [0.717, 1.165) is 0 Å². The molecule has 0 amide bonds. The van der Waals surface area contributed by atoms with Crippen LogP contribution in [0.5, 0.6) is 0 Å². The summed E-state index contributed by atoms with van der Waals surface area (Å²) < 4.78 is 0. The van der Waals surface area contributed by atoms with Gasteiger partial charge in [0.15, 0.2) is 0 Å². The molecule has 1 atom stereocenters. The van der Waals surface area contributed by atoms with E-state index in [9.17, 15) is 0 Å². The van der Waals surface area contributed by atoms with Gasteiger partial charge in [0, 0.05) is 23.5 Å². The molecule has 2 nitrogen and oxygen atoms in total. The molecule has 3 N–H and O–H groups in total. The zero-order valence-electron chi connectivity index (χ0n) is 11.9. The predicted molar refractivity (Wildman–Crippen MR) is 84.6 cm³/mol. The van der Waals surface area contributed by atoms with Crippen LogP contribution >= 0.6 is 11.8 Å². The van der Waals surface area contributed by atoms with Crippen molar-refractivity contribution in [1.29, 1.82) is 0 Å². The first-order valence-corrected chi connectivity index (χ1v) is 8.66. The average molecular weight is 278 g/mol. The van der Waals surface area contributed by atoms with Crippen molar-refractivity contribution in [3.63, 3.8) is 0 Å². The molecule has 0 saturated heterocycles. The van der Waals surface area contributed by atoms with Crippen molar-refractivity contribution in [2.24, 2.45) is 5.73 Å². The molecule has 19 heavy (non-hydrogen) atoms. The number of benzene rings is 1. The molecule has 0 radical (unpaired) electrons. The maximum Gasteiger partial charge on any atom is 0.0446 e. The molecule has 0 aliphatic heterocycles. The Hall–Kier alpha value is -0.510. The second kappa shape index (κ2) is 7.93. The Morgan fingerprint density at radius 3 is 2.32 bits per heavy atom. The lowest BCUT2D eigenvalue weighted by atomic mass is 10.0. The number of rotatable bonds is 5. The Morgan fingerprint density at radius 1 is 1.16 bits per heavy atom. The molecule has 0 bridgehead atoms. The number of hydrogen-bond acceptors (Lipinski definition) is 3. The zero-order valence-corrected chi connectivity index (χ0v) is 12.7. The first-order valence-electron chi connectivity index (χ1n) is 7.43. The Labute approximate surface area is 121 Å². The molecular formula is C16H26N2S. The molecule has 0 heterocycles. The average Bonchev–Trinajstić information content (AvgIpc) is 2.73. The molecule has 2 rings (SSSR count). The van der Waals surface area contributed by atoms with E-state index in [2.05, 4.69) is 35.8 Å². The fourth-order valence-electron chi connectivity index (χ4n) is 2.87. The van der Waals surface area contributed by atoms with Crippen molar-refractivity contribution in [1.82, 2.24) is 5.32 Å². The van der Waals surface area contributed by atoms with Gasteiger partial charge < -0.3 is 11.1 Å². The topological polar surface area (TPSA) is 38.0 Å². The summed E-state index contributed by atoms with van der Waals surface area (Å²) in [5, 5.41) is 3.77. The highest BCUT2D eigenvalue weighted by Gasteiger charge is 2.17. The second-order valence-corrected chi connectivity index (χ2v) is 6.30. The maximum atomic E-state index is 5.96. The van der Waals surface area contributed by atoms with E-state index >= 15 is 0 Å². The molecule has 1 aliphatic rings. The lowest BCUT2D eigenvalue weighted by Gasteiger charge is -2.24. The SMILES string of the molecule is CSc1ccc(C(CN)NC2CCCCCC2)cc1. The van der Waals surface area contributed by atoms with Crippen LogP contribution in [0.15, 0.2) is 29.2 Å². The normalized spacial score (nSPS) is 19.1. The van der Waals surface area contributed by atoms with Gasteiger partial charge in [-0.2, -0.15) is 0 Å². The Bertz CT molecular complexity index is 356. The molecule has 1 aromatic carbocycles. The van der Waals surface area contributed by atoms with Crippen LogP contribution in [-0.4, -0.2) is 18.8 Å². The van der Waals surface area contributed by atoms with Crippen LogP contribution in [0.3, 0.4) is 0 Å². The standard InChI is InChI=1S/C16H26N2S/c1-19-15-10-8-13(9-11-15)16(12-17)18-14-6-4-2-3-5-7-14/h8-11,14,16,18H,2-7,12,17H2,1H3. The highest BCUT2D eigenvalue weighted by molar-refractivity contribution is 7.98. The number of nitrogens with one attached hydrogen (secondary N) is 1. The molecular weight excluding hydrogens is 252 g/mol. The van der Waals surface area contributed by atoms with Crippen molar-refractivity contribution in [3.8, 4) is 0 Å². The monoisotopic (exact) mass is 278 g/mol. The van der Waals surface area contributed by atoms with Gasteiger partial charge >= 0.3 is 0 Å². The first kappa shape index (κ1) is 14.9. The van der Waals surface area contributed by atoms with Gasteiger partial charge in [-0.25, -0.2) is 0 Å². The molecule has 106 valence electrons. The smallest absolute Gasteiger partial charge is 0.0446 e. The fourth-order valence-corrected chi connectivity index (χ4v) is 3.28. The minimum atomic E-state index is 0.305. The zero-order chi connectivity index (χ0) is 13.5. The summed E-state index contributed by atoms with van der Waals surface area (Å²) >= 11 is 1.78. The largest absolute Gasteiger partial charge is 0.329 e. The summed E-state index contributed by atoms with van der Waals surface area (Å²) in [5.41, 5.74) is 7.29. The van der Waals surface area contributed by atoms with Crippen LogP contribution in [0, 0.1) is 0 Å². The summed E-state index contributed by atoms with van der Waals surface area (Å²) in [4.78, 5) is 1.31. The summed E-state index contributed by atoms with van der Waals surface area (Å²) in [5.74, 6) is 0. The summed E-state index contributed by atoms with van der Waals surface area (Å²) in [6.07, 6.45) is 10.2. The summed E-state index contributed by atoms with van der Waals surface area (Å²) in [7, 11) is 0. The van der Waals surface area contributed by atoms with E-state index in [-0.39, 0.29) is 0 Å². The molecule has 0 spiro atoms. The molecule has 1 saturated carbocycles. The second-order valence-electron chi connectivity index (χ2n) is 5.42. The lowest BCUT2D eigenvalue weighted by molar-refractivity contribution is 0.402. The highest BCUT2D eigenvalue weighted by atomic mass is 32.2.